The zero-order chi connectivity index (χ0) is 14.8. The summed E-state index contributed by atoms with van der Waals surface area (Å²) < 4.78 is 6.13. The van der Waals surface area contributed by atoms with Gasteiger partial charge in [0.25, 0.3) is 0 Å². The first-order valence-corrected chi connectivity index (χ1v) is 8.31. The highest BCUT2D eigenvalue weighted by Gasteiger charge is 2.29. The quantitative estimate of drug-likeness (QED) is 0.922. The molecule has 1 fully saturated rings. The number of nitrogens with one attached hydrogen (secondary N) is 1. The number of piperidine rings is 1. The lowest BCUT2D eigenvalue weighted by Gasteiger charge is -2.36. The van der Waals surface area contributed by atoms with Gasteiger partial charge in [-0.2, -0.15) is 0 Å². The summed E-state index contributed by atoms with van der Waals surface area (Å²) in [5, 5.41) is 3.41. The van der Waals surface area contributed by atoms with Crippen LogP contribution in [-0.2, 0) is 6.42 Å². The highest BCUT2D eigenvalue weighted by Crippen LogP contribution is 2.30. The number of hydrogen-bond acceptors (Lipinski definition) is 3. The Balaban J connectivity index is 1.56. The molecule has 2 heterocycles. The zero-order valence-corrected chi connectivity index (χ0v) is 13.6. The summed E-state index contributed by atoms with van der Waals surface area (Å²) in [5.41, 5.74) is 2.72. The molecule has 0 aromatic heterocycles. The molecule has 3 atom stereocenters. The smallest absolute Gasteiger partial charge is 0.123 e. The van der Waals surface area contributed by atoms with E-state index in [0.717, 1.165) is 24.6 Å². The Morgan fingerprint density at radius 1 is 1.43 bits per heavy atom. The van der Waals surface area contributed by atoms with Crippen LogP contribution in [0.2, 0.25) is 0 Å². The predicted molar refractivity (Wildman–Crippen MR) is 87.0 cm³/mol. The van der Waals surface area contributed by atoms with Crippen LogP contribution in [0.4, 0.5) is 0 Å². The summed E-state index contributed by atoms with van der Waals surface area (Å²) in [7, 11) is 2.07. The molecule has 0 radical (unpaired) electrons. The second kappa shape index (κ2) is 6.37. The molecule has 0 bridgehead atoms. The maximum absolute atomic E-state index is 6.13. The van der Waals surface area contributed by atoms with E-state index in [1.54, 1.807) is 0 Å². The second-order valence-corrected chi connectivity index (χ2v) is 6.79. The van der Waals surface area contributed by atoms with Gasteiger partial charge in [-0.25, -0.2) is 0 Å². The van der Waals surface area contributed by atoms with Crippen LogP contribution in [0.25, 0.3) is 0 Å². The SMILES string of the molecule is CNC(C)C1CCCN(CC2Cc3cc(C)ccc3O2)C1. The lowest BCUT2D eigenvalue weighted by molar-refractivity contribution is 0.101. The van der Waals surface area contributed by atoms with Crippen LogP contribution in [-0.4, -0.2) is 43.7 Å². The maximum Gasteiger partial charge on any atom is 0.123 e. The Morgan fingerprint density at radius 2 is 2.29 bits per heavy atom. The van der Waals surface area contributed by atoms with Gasteiger partial charge in [0.2, 0.25) is 0 Å². The van der Waals surface area contributed by atoms with Gasteiger partial charge in [-0.05, 0) is 57.8 Å². The van der Waals surface area contributed by atoms with E-state index >= 15 is 0 Å². The van der Waals surface area contributed by atoms with Crippen molar-refractivity contribution >= 4 is 0 Å². The first kappa shape index (κ1) is 14.9. The average molecular weight is 288 g/mol. The normalized spacial score (nSPS) is 27.2. The van der Waals surface area contributed by atoms with E-state index in [0.29, 0.717) is 12.1 Å². The third kappa shape index (κ3) is 3.41. The number of fused-ring (bicyclic) bond motifs is 1. The molecule has 116 valence electrons. The molecule has 1 saturated heterocycles. The Morgan fingerprint density at radius 3 is 3.10 bits per heavy atom. The molecule has 3 nitrogen and oxygen atoms in total. The highest BCUT2D eigenvalue weighted by molar-refractivity contribution is 5.40. The molecule has 0 saturated carbocycles. The van der Waals surface area contributed by atoms with Crippen molar-refractivity contribution in [1.82, 2.24) is 10.2 Å². The van der Waals surface area contributed by atoms with Crippen molar-refractivity contribution < 1.29 is 4.74 Å². The van der Waals surface area contributed by atoms with Crippen LogP contribution in [0, 0.1) is 12.8 Å². The van der Waals surface area contributed by atoms with E-state index in [9.17, 15) is 0 Å². The van der Waals surface area contributed by atoms with E-state index in [1.165, 1.54) is 37.1 Å². The molecule has 2 aliphatic rings. The molecule has 3 heteroatoms. The van der Waals surface area contributed by atoms with Crippen LogP contribution in [0.3, 0.4) is 0 Å². The van der Waals surface area contributed by atoms with Crippen molar-refractivity contribution in [1.29, 1.82) is 0 Å². The van der Waals surface area contributed by atoms with E-state index in [4.69, 9.17) is 4.74 Å². The fourth-order valence-electron chi connectivity index (χ4n) is 3.74. The Hall–Kier alpha value is -1.06. The van der Waals surface area contributed by atoms with Gasteiger partial charge in [0, 0.05) is 25.6 Å². The minimum atomic E-state index is 0.338. The summed E-state index contributed by atoms with van der Waals surface area (Å²) in [5.74, 6) is 1.87. The van der Waals surface area contributed by atoms with Crippen LogP contribution >= 0.6 is 0 Å². The molecule has 21 heavy (non-hydrogen) atoms. The molecular weight excluding hydrogens is 260 g/mol. The molecule has 2 aliphatic heterocycles. The van der Waals surface area contributed by atoms with Crippen molar-refractivity contribution in [3.63, 3.8) is 0 Å². The summed E-state index contributed by atoms with van der Waals surface area (Å²) >= 11 is 0. The second-order valence-electron chi connectivity index (χ2n) is 6.79. The Labute approximate surface area is 128 Å². The Kier molecular flexibility index (Phi) is 4.51. The lowest BCUT2D eigenvalue weighted by atomic mass is 9.91. The number of nitrogens with zero attached hydrogens (tertiary/aromatic N) is 1. The molecule has 1 aromatic rings. The lowest BCUT2D eigenvalue weighted by Crippen LogP contribution is -2.46. The van der Waals surface area contributed by atoms with Gasteiger partial charge < -0.3 is 10.1 Å². The van der Waals surface area contributed by atoms with Crippen molar-refractivity contribution in [3.05, 3.63) is 29.3 Å². The van der Waals surface area contributed by atoms with Gasteiger partial charge in [-0.1, -0.05) is 17.7 Å². The predicted octanol–water partition coefficient (Wildman–Crippen LogP) is 2.62. The first-order chi connectivity index (χ1) is 10.2. The largest absolute Gasteiger partial charge is 0.488 e. The van der Waals surface area contributed by atoms with Crippen LogP contribution in [0.15, 0.2) is 18.2 Å². The van der Waals surface area contributed by atoms with Crippen molar-refractivity contribution in [2.75, 3.05) is 26.7 Å². The topological polar surface area (TPSA) is 24.5 Å². The third-order valence-corrected chi connectivity index (χ3v) is 5.12. The van der Waals surface area contributed by atoms with Gasteiger partial charge in [0.05, 0.1) is 0 Å². The molecule has 1 aromatic carbocycles. The number of aryl methyl sites for hydroxylation is 1. The number of benzene rings is 1. The van der Waals surface area contributed by atoms with E-state index in [1.807, 2.05) is 0 Å². The first-order valence-electron chi connectivity index (χ1n) is 8.31. The number of rotatable bonds is 4. The van der Waals surface area contributed by atoms with Gasteiger partial charge in [-0.3, -0.25) is 4.90 Å². The molecule has 0 aliphatic carbocycles. The van der Waals surface area contributed by atoms with Crippen LogP contribution in [0.1, 0.15) is 30.9 Å². The number of likely N-dealkylation sites (tertiary alicyclic amines) is 1. The molecule has 3 unspecified atom stereocenters. The monoisotopic (exact) mass is 288 g/mol. The van der Waals surface area contributed by atoms with Crippen LogP contribution in [0.5, 0.6) is 5.75 Å². The summed E-state index contributed by atoms with van der Waals surface area (Å²) in [4.78, 5) is 2.60. The van der Waals surface area contributed by atoms with E-state index < -0.39 is 0 Å². The fourth-order valence-corrected chi connectivity index (χ4v) is 3.74. The third-order valence-electron chi connectivity index (χ3n) is 5.12. The zero-order valence-electron chi connectivity index (χ0n) is 13.6. The standard InChI is InChI=1S/C18H28N2O/c1-13-6-7-18-16(9-13)10-17(21-18)12-20-8-4-5-15(11-20)14(2)19-3/h6-7,9,14-15,17,19H,4-5,8,10-12H2,1-3H3. The van der Waals surface area contributed by atoms with Crippen molar-refractivity contribution in [2.24, 2.45) is 5.92 Å². The van der Waals surface area contributed by atoms with Gasteiger partial charge >= 0.3 is 0 Å². The van der Waals surface area contributed by atoms with Gasteiger partial charge in [-0.15, -0.1) is 0 Å². The number of hydrogen-bond donors (Lipinski definition) is 1. The molecule has 3 rings (SSSR count). The van der Waals surface area contributed by atoms with E-state index in [-0.39, 0.29) is 0 Å². The minimum absolute atomic E-state index is 0.338. The van der Waals surface area contributed by atoms with Crippen molar-refractivity contribution in [2.45, 2.75) is 45.3 Å². The van der Waals surface area contributed by atoms with E-state index in [2.05, 4.69) is 49.3 Å². The summed E-state index contributed by atoms with van der Waals surface area (Å²) in [6.45, 7) is 7.96. The molecular formula is C18H28N2O. The fraction of sp³-hybridized carbons (Fsp3) is 0.667. The van der Waals surface area contributed by atoms with Crippen molar-refractivity contribution in [3.8, 4) is 5.75 Å². The highest BCUT2D eigenvalue weighted by atomic mass is 16.5. The van der Waals surface area contributed by atoms with Gasteiger partial charge in [0.15, 0.2) is 0 Å². The summed E-state index contributed by atoms with van der Waals surface area (Å²) in [6, 6.07) is 7.16. The minimum Gasteiger partial charge on any atom is -0.488 e. The van der Waals surface area contributed by atoms with Gasteiger partial charge in [0.1, 0.15) is 11.9 Å². The molecule has 0 spiro atoms. The Bertz CT molecular complexity index is 488. The summed E-state index contributed by atoms with van der Waals surface area (Å²) in [6.07, 6.45) is 4.07. The number of ether oxygens (including phenoxy) is 1. The average Bonchev–Trinajstić information content (AvgIpc) is 2.88. The maximum atomic E-state index is 6.13. The molecule has 0 amide bonds. The van der Waals surface area contributed by atoms with Crippen LogP contribution < -0.4 is 10.1 Å². The molecule has 1 N–H and O–H groups in total.